The summed E-state index contributed by atoms with van der Waals surface area (Å²) in [6.07, 6.45) is 5.06. The zero-order valence-corrected chi connectivity index (χ0v) is 15.7. The van der Waals surface area contributed by atoms with Crippen molar-refractivity contribution in [1.29, 1.82) is 0 Å². The second-order valence-corrected chi connectivity index (χ2v) is 6.84. The summed E-state index contributed by atoms with van der Waals surface area (Å²) in [5.74, 6) is 0. The minimum atomic E-state index is 0.447. The summed E-state index contributed by atoms with van der Waals surface area (Å²) >= 11 is 1.52. The molecular weight excluding hydrogens is 328 g/mol. The van der Waals surface area contributed by atoms with Crippen molar-refractivity contribution in [1.82, 2.24) is 4.37 Å². The van der Waals surface area contributed by atoms with E-state index in [9.17, 15) is 4.91 Å². The van der Waals surface area contributed by atoms with E-state index in [0.717, 1.165) is 30.4 Å². The maximum absolute atomic E-state index is 10.6. The standard InChI is InChI=1S/C21H22N2OS/c1-4-14-11-17(12-15(5-2)19(14)6-3)21-20(13-22-25-21)16-7-9-18(23-24)10-8-16/h7-13H,4-6H2,1-3H3. The first-order valence-electron chi connectivity index (χ1n) is 8.75. The van der Waals surface area contributed by atoms with Gasteiger partial charge in [0.2, 0.25) is 0 Å². The first-order valence-corrected chi connectivity index (χ1v) is 9.52. The third kappa shape index (κ3) is 3.40. The molecule has 0 atom stereocenters. The average Bonchev–Trinajstić information content (AvgIpc) is 3.16. The number of benzene rings is 2. The van der Waals surface area contributed by atoms with Gasteiger partial charge in [-0.25, -0.2) is 0 Å². The molecule has 0 amide bonds. The Labute approximate surface area is 152 Å². The van der Waals surface area contributed by atoms with Crippen molar-refractivity contribution >= 4 is 17.2 Å². The molecule has 0 aliphatic carbocycles. The van der Waals surface area contributed by atoms with E-state index in [-0.39, 0.29) is 0 Å². The lowest BCUT2D eigenvalue weighted by Gasteiger charge is -2.15. The van der Waals surface area contributed by atoms with Gasteiger partial charge in [0.1, 0.15) is 5.69 Å². The van der Waals surface area contributed by atoms with Gasteiger partial charge in [-0.05, 0) is 88.1 Å². The van der Waals surface area contributed by atoms with E-state index in [1.54, 1.807) is 12.1 Å². The number of hydrogen-bond donors (Lipinski definition) is 0. The van der Waals surface area contributed by atoms with Gasteiger partial charge in [-0.15, -0.1) is 4.91 Å². The molecule has 0 spiro atoms. The van der Waals surface area contributed by atoms with Crippen LogP contribution in [0.25, 0.3) is 21.6 Å². The Hall–Kier alpha value is -2.33. The Morgan fingerprint density at radius 2 is 1.56 bits per heavy atom. The highest BCUT2D eigenvalue weighted by atomic mass is 32.1. The smallest absolute Gasteiger partial charge is 0.108 e. The quantitative estimate of drug-likeness (QED) is 0.472. The third-order valence-corrected chi connectivity index (χ3v) is 5.52. The molecular formula is C21H22N2OS. The Morgan fingerprint density at radius 1 is 0.920 bits per heavy atom. The third-order valence-electron chi connectivity index (χ3n) is 4.67. The van der Waals surface area contributed by atoms with Crippen molar-refractivity contribution < 1.29 is 0 Å². The lowest BCUT2D eigenvalue weighted by Crippen LogP contribution is -1.98. The highest BCUT2D eigenvalue weighted by Gasteiger charge is 2.14. The van der Waals surface area contributed by atoms with Crippen LogP contribution in [-0.4, -0.2) is 4.37 Å². The largest absolute Gasteiger partial charge is 0.200 e. The Bertz CT molecular complexity index is 856. The van der Waals surface area contributed by atoms with Crippen LogP contribution in [0.1, 0.15) is 37.5 Å². The number of nitroso groups, excluding NO2 is 1. The number of hydrogen-bond acceptors (Lipinski definition) is 4. The van der Waals surface area contributed by atoms with Gasteiger partial charge >= 0.3 is 0 Å². The SMILES string of the molecule is CCc1cc(-c2sncc2-c2ccc(N=O)cc2)cc(CC)c1CC. The molecule has 3 nitrogen and oxygen atoms in total. The number of nitrogens with zero attached hydrogens (tertiary/aromatic N) is 2. The number of aromatic nitrogens is 1. The highest BCUT2D eigenvalue weighted by Crippen LogP contribution is 2.37. The molecule has 0 fully saturated rings. The summed E-state index contributed by atoms with van der Waals surface area (Å²) in [4.78, 5) is 11.8. The zero-order chi connectivity index (χ0) is 17.8. The minimum Gasteiger partial charge on any atom is -0.200 e. The molecule has 0 radical (unpaired) electrons. The van der Waals surface area contributed by atoms with Crippen molar-refractivity contribution in [3.05, 3.63) is 64.2 Å². The van der Waals surface area contributed by atoms with Crippen LogP contribution in [0.15, 0.2) is 47.8 Å². The molecule has 3 rings (SSSR count). The van der Waals surface area contributed by atoms with Crippen LogP contribution in [0.2, 0.25) is 0 Å². The first-order chi connectivity index (χ1) is 12.2. The average molecular weight is 350 g/mol. The summed E-state index contributed by atoms with van der Waals surface area (Å²) < 4.78 is 4.43. The maximum atomic E-state index is 10.6. The molecule has 128 valence electrons. The lowest BCUT2D eigenvalue weighted by molar-refractivity contribution is 0.983. The summed E-state index contributed by atoms with van der Waals surface area (Å²) in [7, 11) is 0. The molecule has 1 aromatic heterocycles. The Kier molecular flexibility index (Phi) is 5.39. The fraction of sp³-hybridized carbons (Fsp3) is 0.286. The van der Waals surface area contributed by atoms with E-state index in [0.29, 0.717) is 5.69 Å². The van der Waals surface area contributed by atoms with E-state index < -0.39 is 0 Å². The molecule has 4 heteroatoms. The van der Waals surface area contributed by atoms with Crippen LogP contribution in [-0.2, 0) is 19.3 Å². The fourth-order valence-corrected chi connectivity index (χ4v) is 4.12. The normalized spacial score (nSPS) is 10.8. The molecule has 0 N–H and O–H groups in total. The molecule has 25 heavy (non-hydrogen) atoms. The van der Waals surface area contributed by atoms with E-state index in [1.165, 1.54) is 38.7 Å². The van der Waals surface area contributed by atoms with Crippen LogP contribution < -0.4 is 0 Å². The van der Waals surface area contributed by atoms with Gasteiger partial charge < -0.3 is 0 Å². The van der Waals surface area contributed by atoms with Gasteiger partial charge in [0.05, 0.1) is 4.88 Å². The van der Waals surface area contributed by atoms with Crippen molar-refractivity contribution in [2.75, 3.05) is 0 Å². The van der Waals surface area contributed by atoms with E-state index in [4.69, 9.17) is 0 Å². The number of rotatable bonds is 6. The van der Waals surface area contributed by atoms with Gasteiger partial charge in [0.25, 0.3) is 0 Å². The second kappa shape index (κ2) is 7.70. The van der Waals surface area contributed by atoms with Crippen molar-refractivity contribution in [2.45, 2.75) is 40.0 Å². The summed E-state index contributed by atoms with van der Waals surface area (Å²) in [5.41, 5.74) is 8.19. The van der Waals surface area contributed by atoms with Crippen LogP contribution in [0, 0.1) is 4.91 Å². The first kappa shape index (κ1) is 17.5. The van der Waals surface area contributed by atoms with E-state index in [2.05, 4.69) is 42.5 Å². The summed E-state index contributed by atoms with van der Waals surface area (Å²) in [6.45, 7) is 6.67. The molecule has 2 aromatic carbocycles. The van der Waals surface area contributed by atoms with Crippen LogP contribution in [0.3, 0.4) is 0 Å². The van der Waals surface area contributed by atoms with Crippen molar-refractivity contribution in [2.24, 2.45) is 5.18 Å². The van der Waals surface area contributed by atoms with Crippen LogP contribution in [0.4, 0.5) is 5.69 Å². The van der Waals surface area contributed by atoms with E-state index in [1.807, 2.05) is 18.3 Å². The van der Waals surface area contributed by atoms with Crippen molar-refractivity contribution in [3.63, 3.8) is 0 Å². The van der Waals surface area contributed by atoms with Gasteiger partial charge in [-0.2, -0.15) is 4.37 Å². The lowest BCUT2D eigenvalue weighted by atomic mass is 9.91. The minimum absolute atomic E-state index is 0.447. The second-order valence-electron chi connectivity index (χ2n) is 6.04. The summed E-state index contributed by atoms with van der Waals surface area (Å²) in [6, 6.07) is 12.0. The Morgan fingerprint density at radius 3 is 2.08 bits per heavy atom. The highest BCUT2D eigenvalue weighted by molar-refractivity contribution is 7.10. The van der Waals surface area contributed by atoms with Gasteiger partial charge in [0, 0.05) is 11.8 Å². The van der Waals surface area contributed by atoms with Crippen molar-refractivity contribution in [3.8, 4) is 21.6 Å². The van der Waals surface area contributed by atoms with Gasteiger partial charge in [0.15, 0.2) is 0 Å². The zero-order valence-electron chi connectivity index (χ0n) is 14.9. The van der Waals surface area contributed by atoms with Gasteiger partial charge in [-0.1, -0.05) is 32.9 Å². The molecule has 0 bridgehead atoms. The Balaban J connectivity index is 2.11. The van der Waals surface area contributed by atoms with Crippen LogP contribution >= 0.6 is 11.5 Å². The molecule has 0 saturated carbocycles. The molecule has 3 aromatic rings. The molecule has 0 saturated heterocycles. The molecule has 0 unspecified atom stereocenters. The monoisotopic (exact) mass is 350 g/mol. The summed E-state index contributed by atoms with van der Waals surface area (Å²) in [5, 5.41) is 2.98. The fourth-order valence-electron chi connectivity index (χ4n) is 3.37. The van der Waals surface area contributed by atoms with E-state index >= 15 is 0 Å². The topological polar surface area (TPSA) is 42.3 Å². The number of aryl methyl sites for hydroxylation is 2. The van der Waals surface area contributed by atoms with Gasteiger partial charge in [-0.3, -0.25) is 0 Å². The maximum Gasteiger partial charge on any atom is 0.108 e. The molecule has 0 aliphatic rings. The predicted octanol–water partition coefficient (Wildman–Crippen LogP) is 6.56. The molecule has 0 aliphatic heterocycles. The predicted molar refractivity (Wildman–Crippen MR) is 107 cm³/mol. The van der Waals surface area contributed by atoms with Crippen LogP contribution in [0.5, 0.6) is 0 Å². The molecule has 1 heterocycles.